The minimum absolute atomic E-state index is 0.0411. The van der Waals surface area contributed by atoms with Gasteiger partial charge in [0.05, 0.1) is 0 Å². The molecular weight excluding hydrogens is 326 g/mol. The van der Waals surface area contributed by atoms with Gasteiger partial charge >= 0.3 is 0 Å². The first kappa shape index (κ1) is 17.1. The molecule has 1 heterocycles. The first-order chi connectivity index (χ1) is 12.0. The number of halogens is 2. The van der Waals surface area contributed by atoms with E-state index in [1.54, 1.807) is 11.0 Å². The lowest BCUT2D eigenvalue weighted by molar-refractivity contribution is -0.131. The highest BCUT2D eigenvalue weighted by Gasteiger charge is 2.20. The minimum atomic E-state index is -1.06. The molecule has 0 bridgehead atoms. The summed E-state index contributed by atoms with van der Waals surface area (Å²) in [5, 5.41) is 2.68. The van der Waals surface area contributed by atoms with Gasteiger partial charge < -0.3 is 10.2 Å². The molecule has 0 saturated carbocycles. The molecule has 2 amide bonds. The fourth-order valence-corrected chi connectivity index (χ4v) is 2.91. The van der Waals surface area contributed by atoms with Gasteiger partial charge in [-0.3, -0.25) is 9.59 Å². The summed E-state index contributed by atoms with van der Waals surface area (Å²) in [6.07, 6.45) is 1.24. The highest BCUT2D eigenvalue weighted by Crippen LogP contribution is 2.23. The quantitative estimate of drug-likeness (QED) is 0.926. The molecule has 6 heteroatoms. The van der Waals surface area contributed by atoms with Crippen LogP contribution >= 0.6 is 0 Å². The molecule has 4 nitrogen and oxygen atoms in total. The van der Waals surface area contributed by atoms with Crippen molar-refractivity contribution in [3.8, 4) is 0 Å². The zero-order valence-corrected chi connectivity index (χ0v) is 13.8. The molecule has 25 heavy (non-hydrogen) atoms. The van der Waals surface area contributed by atoms with Crippen molar-refractivity contribution in [3.05, 3.63) is 64.7 Å². The number of nitrogens with zero attached hydrogens (tertiary/aromatic N) is 1. The van der Waals surface area contributed by atoms with Crippen LogP contribution in [-0.4, -0.2) is 23.3 Å². The summed E-state index contributed by atoms with van der Waals surface area (Å²) in [5.41, 5.74) is 2.72. The van der Waals surface area contributed by atoms with E-state index in [4.69, 9.17) is 0 Å². The predicted molar refractivity (Wildman–Crippen MR) is 90.2 cm³/mol. The van der Waals surface area contributed by atoms with Gasteiger partial charge in [-0.2, -0.15) is 0 Å². The van der Waals surface area contributed by atoms with E-state index < -0.39 is 17.5 Å². The van der Waals surface area contributed by atoms with Crippen molar-refractivity contribution >= 4 is 17.5 Å². The molecule has 2 aromatic carbocycles. The third-order valence-electron chi connectivity index (χ3n) is 4.31. The van der Waals surface area contributed by atoms with Gasteiger partial charge in [-0.25, -0.2) is 8.78 Å². The molecule has 0 atom stereocenters. The number of carbonyl (C=O) groups is 2. The molecule has 0 saturated heterocycles. The topological polar surface area (TPSA) is 49.4 Å². The molecule has 1 N–H and O–H groups in total. The normalized spacial score (nSPS) is 13.3. The van der Waals surface area contributed by atoms with E-state index in [9.17, 15) is 18.4 Å². The highest BCUT2D eigenvalue weighted by molar-refractivity contribution is 6.04. The van der Waals surface area contributed by atoms with Gasteiger partial charge in [0.15, 0.2) is 11.6 Å². The number of hydrogen-bond donors (Lipinski definition) is 1. The van der Waals surface area contributed by atoms with Crippen LogP contribution in [0.5, 0.6) is 0 Å². The van der Waals surface area contributed by atoms with Gasteiger partial charge in [0.25, 0.3) is 5.91 Å². The van der Waals surface area contributed by atoms with Crippen molar-refractivity contribution in [1.29, 1.82) is 0 Å². The molecule has 0 radical (unpaired) electrons. The zero-order valence-electron chi connectivity index (χ0n) is 13.8. The first-order valence-electron chi connectivity index (χ1n) is 8.14. The van der Waals surface area contributed by atoms with Gasteiger partial charge in [0.1, 0.15) is 0 Å². The maximum Gasteiger partial charge on any atom is 0.255 e. The first-order valence-corrected chi connectivity index (χ1v) is 8.14. The van der Waals surface area contributed by atoms with Crippen molar-refractivity contribution in [2.24, 2.45) is 0 Å². The molecule has 0 aromatic heterocycles. The van der Waals surface area contributed by atoms with Crippen LogP contribution in [-0.2, 0) is 17.8 Å². The third-order valence-corrected chi connectivity index (χ3v) is 4.31. The Kier molecular flexibility index (Phi) is 4.79. The second-order valence-electron chi connectivity index (χ2n) is 5.99. The van der Waals surface area contributed by atoms with Gasteiger partial charge in [-0.1, -0.05) is 13.0 Å². The smallest absolute Gasteiger partial charge is 0.255 e. The number of nitrogens with one attached hydrogen (secondary N) is 1. The van der Waals surface area contributed by atoms with E-state index in [1.165, 1.54) is 6.07 Å². The number of benzene rings is 2. The van der Waals surface area contributed by atoms with Crippen molar-refractivity contribution in [1.82, 2.24) is 4.90 Å². The van der Waals surface area contributed by atoms with E-state index >= 15 is 0 Å². The summed E-state index contributed by atoms with van der Waals surface area (Å²) in [7, 11) is 0. The van der Waals surface area contributed by atoms with E-state index in [0.29, 0.717) is 25.2 Å². The Balaban J connectivity index is 1.77. The lowest BCUT2D eigenvalue weighted by Gasteiger charge is -2.29. The number of amides is 2. The fraction of sp³-hybridized carbons (Fsp3) is 0.263. The van der Waals surface area contributed by atoms with E-state index in [1.807, 2.05) is 19.1 Å². The zero-order chi connectivity index (χ0) is 18.0. The molecule has 0 aliphatic carbocycles. The largest absolute Gasteiger partial charge is 0.338 e. The summed E-state index contributed by atoms with van der Waals surface area (Å²) in [6, 6.07) is 8.53. The lowest BCUT2D eigenvalue weighted by Crippen LogP contribution is -2.35. The summed E-state index contributed by atoms with van der Waals surface area (Å²) < 4.78 is 26.2. The number of rotatable bonds is 3. The van der Waals surface area contributed by atoms with Gasteiger partial charge in [0.2, 0.25) is 5.91 Å². The summed E-state index contributed by atoms with van der Waals surface area (Å²) >= 11 is 0. The fourth-order valence-electron chi connectivity index (χ4n) is 2.91. The molecule has 1 aliphatic heterocycles. The summed E-state index contributed by atoms with van der Waals surface area (Å²) in [6.45, 7) is 3.04. The number of fused-ring (bicyclic) bond motifs is 1. The van der Waals surface area contributed by atoms with Crippen LogP contribution in [0.3, 0.4) is 0 Å². The molecule has 0 fully saturated rings. The maximum absolute atomic E-state index is 13.3. The maximum atomic E-state index is 13.3. The van der Waals surface area contributed by atoms with Gasteiger partial charge in [-0.15, -0.1) is 0 Å². The Hall–Kier alpha value is -2.76. The molecule has 0 spiro atoms. The lowest BCUT2D eigenvalue weighted by atomic mass is 9.98. The van der Waals surface area contributed by atoms with E-state index in [0.717, 1.165) is 29.7 Å². The van der Waals surface area contributed by atoms with Crippen LogP contribution in [0.25, 0.3) is 0 Å². The molecule has 2 aromatic rings. The van der Waals surface area contributed by atoms with Gasteiger partial charge in [0, 0.05) is 30.8 Å². The predicted octanol–water partition coefficient (Wildman–Crippen LogP) is 3.51. The number of carbonyl (C=O) groups excluding carboxylic acids is 2. The standard InChI is InChI=1S/C19H18F2N2O2/c1-2-18(24)23-8-7-12-3-5-15(9-14(12)11-23)22-19(25)13-4-6-16(20)17(21)10-13/h3-6,9-10H,2,7-8,11H2,1H3,(H,22,25). The Morgan fingerprint density at radius 3 is 2.60 bits per heavy atom. The number of hydrogen-bond acceptors (Lipinski definition) is 2. The van der Waals surface area contributed by atoms with Crippen LogP contribution in [0.2, 0.25) is 0 Å². The van der Waals surface area contributed by atoms with Crippen LogP contribution in [0.1, 0.15) is 34.8 Å². The van der Waals surface area contributed by atoms with E-state index in [2.05, 4.69) is 5.32 Å². The van der Waals surface area contributed by atoms with Crippen LogP contribution in [0, 0.1) is 11.6 Å². The Bertz CT molecular complexity index is 836. The Morgan fingerprint density at radius 2 is 1.88 bits per heavy atom. The molecule has 130 valence electrons. The van der Waals surface area contributed by atoms with Crippen molar-refractivity contribution in [2.75, 3.05) is 11.9 Å². The second-order valence-corrected chi connectivity index (χ2v) is 5.99. The van der Waals surface area contributed by atoms with Crippen molar-refractivity contribution < 1.29 is 18.4 Å². The molecule has 0 unspecified atom stereocenters. The minimum Gasteiger partial charge on any atom is -0.338 e. The summed E-state index contributed by atoms with van der Waals surface area (Å²) in [4.78, 5) is 25.9. The van der Waals surface area contributed by atoms with Crippen LogP contribution in [0.15, 0.2) is 36.4 Å². The number of anilines is 1. The summed E-state index contributed by atoms with van der Waals surface area (Å²) in [5.74, 6) is -2.48. The van der Waals surface area contributed by atoms with Crippen LogP contribution in [0.4, 0.5) is 14.5 Å². The monoisotopic (exact) mass is 344 g/mol. The average molecular weight is 344 g/mol. The molecule has 3 rings (SSSR count). The van der Waals surface area contributed by atoms with Crippen LogP contribution < -0.4 is 5.32 Å². The molecular formula is C19H18F2N2O2. The molecule has 1 aliphatic rings. The van der Waals surface area contributed by atoms with E-state index in [-0.39, 0.29) is 11.5 Å². The SMILES string of the molecule is CCC(=O)N1CCc2ccc(NC(=O)c3ccc(F)c(F)c3)cc2C1. The third kappa shape index (κ3) is 3.68. The second kappa shape index (κ2) is 7.01. The van der Waals surface area contributed by atoms with Crippen molar-refractivity contribution in [3.63, 3.8) is 0 Å². The van der Waals surface area contributed by atoms with Gasteiger partial charge in [-0.05, 0) is 47.9 Å². The Labute approximate surface area is 144 Å². The average Bonchev–Trinajstić information content (AvgIpc) is 2.62. The Morgan fingerprint density at radius 1 is 1.08 bits per heavy atom. The van der Waals surface area contributed by atoms with Crippen molar-refractivity contribution in [2.45, 2.75) is 26.3 Å². The highest BCUT2D eigenvalue weighted by atomic mass is 19.2.